The molecule has 0 unspecified atom stereocenters. The molecular formula is C16H12F3N3O. The number of nitrogens with one attached hydrogen (secondary N) is 1. The molecule has 0 fully saturated rings. The van der Waals surface area contributed by atoms with Crippen molar-refractivity contribution in [1.82, 2.24) is 9.38 Å². The number of amides is 1. The first-order chi connectivity index (χ1) is 10.8. The van der Waals surface area contributed by atoms with Gasteiger partial charge in [0.15, 0.2) is 0 Å². The number of nitrogens with zero attached hydrogens (tertiary/aromatic N) is 2. The second-order valence-electron chi connectivity index (χ2n) is 5.07. The molecule has 3 aromatic rings. The van der Waals surface area contributed by atoms with Gasteiger partial charge in [0.25, 0.3) is 0 Å². The van der Waals surface area contributed by atoms with Crippen LogP contribution in [-0.2, 0) is 11.0 Å². The number of halogens is 3. The van der Waals surface area contributed by atoms with Crippen LogP contribution in [-0.4, -0.2) is 15.3 Å². The lowest BCUT2D eigenvalue weighted by Gasteiger charge is -2.05. The van der Waals surface area contributed by atoms with Gasteiger partial charge in [-0.3, -0.25) is 4.79 Å². The number of alkyl halides is 3. The molecule has 0 aliphatic rings. The average Bonchev–Trinajstić information content (AvgIpc) is 2.89. The molecule has 118 valence electrons. The van der Waals surface area contributed by atoms with Crippen LogP contribution in [0.2, 0.25) is 0 Å². The van der Waals surface area contributed by atoms with Gasteiger partial charge in [-0.15, -0.1) is 0 Å². The number of hydrogen-bond acceptors (Lipinski definition) is 2. The number of rotatable bonds is 2. The Bertz CT molecular complexity index is 866. The van der Waals surface area contributed by atoms with Gasteiger partial charge in [-0.1, -0.05) is 12.1 Å². The number of hydrogen-bond donors (Lipinski definition) is 1. The van der Waals surface area contributed by atoms with E-state index >= 15 is 0 Å². The number of carbonyl (C=O) groups is 1. The molecule has 0 spiro atoms. The average molecular weight is 319 g/mol. The van der Waals surface area contributed by atoms with Crippen LogP contribution >= 0.6 is 0 Å². The van der Waals surface area contributed by atoms with E-state index in [4.69, 9.17) is 0 Å². The molecule has 4 nitrogen and oxygen atoms in total. The second-order valence-corrected chi connectivity index (χ2v) is 5.07. The number of anilines is 1. The summed E-state index contributed by atoms with van der Waals surface area (Å²) < 4.78 is 39.5. The molecule has 1 N–H and O–H groups in total. The van der Waals surface area contributed by atoms with Crippen molar-refractivity contribution in [2.45, 2.75) is 13.1 Å². The van der Waals surface area contributed by atoms with Crippen LogP contribution in [0.1, 0.15) is 12.5 Å². The van der Waals surface area contributed by atoms with Crippen LogP contribution in [0.3, 0.4) is 0 Å². The van der Waals surface area contributed by atoms with E-state index in [0.717, 1.165) is 17.8 Å². The smallest absolute Gasteiger partial charge is 0.326 e. The molecule has 2 aromatic heterocycles. The summed E-state index contributed by atoms with van der Waals surface area (Å²) in [6.45, 7) is 1.41. The zero-order valence-electron chi connectivity index (χ0n) is 12.1. The Morgan fingerprint density at radius 2 is 1.78 bits per heavy atom. The number of aromatic nitrogens is 2. The van der Waals surface area contributed by atoms with Crippen molar-refractivity contribution < 1.29 is 18.0 Å². The molecule has 7 heteroatoms. The van der Waals surface area contributed by atoms with Crippen molar-refractivity contribution in [2.75, 3.05) is 5.32 Å². The van der Waals surface area contributed by atoms with Crippen molar-refractivity contribution >= 4 is 17.2 Å². The third kappa shape index (κ3) is 3.18. The van der Waals surface area contributed by atoms with Gasteiger partial charge in [0, 0.05) is 30.6 Å². The first kappa shape index (κ1) is 15.1. The summed E-state index contributed by atoms with van der Waals surface area (Å²) >= 11 is 0. The Labute approximate surface area is 129 Å². The number of carbonyl (C=O) groups excluding carboxylic acids is 1. The zero-order chi connectivity index (χ0) is 16.6. The van der Waals surface area contributed by atoms with Crippen LogP contribution in [0.4, 0.5) is 18.9 Å². The normalized spacial score (nSPS) is 11.7. The lowest BCUT2D eigenvalue weighted by Crippen LogP contribution is -2.05. The van der Waals surface area contributed by atoms with E-state index in [9.17, 15) is 18.0 Å². The fourth-order valence-electron chi connectivity index (χ4n) is 2.23. The maximum absolute atomic E-state index is 12.7. The summed E-state index contributed by atoms with van der Waals surface area (Å²) in [6, 6.07) is 9.25. The van der Waals surface area contributed by atoms with Crippen LogP contribution < -0.4 is 5.32 Å². The fourth-order valence-corrected chi connectivity index (χ4v) is 2.23. The van der Waals surface area contributed by atoms with E-state index in [2.05, 4.69) is 10.3 Å². The standard InChI is InChI=1S/C16H12F3N3O/c1-10(23)20-13-5-2-11(3-6-13)14-9-22-8-12(16(17,18)19)4-7-15(22)21-14/h2-9H,1H3,(H,20,23). The van der Waals surface area contributed by atoms with Crippen molar-refractivity contribution in [3.63, 3.8) is 0 Å². The SMILES string of the molecule is CC(=O)Nc1ccc(-c2cn3cc(C(F)(F)F)ccc3n2)cc1. The largest absolute Gasteiger partial charge is 0.417 e. The number of fused-ring (bicyclic) bond motifs is 1. The molecule has 1 aromatic carbocycles. The molecule has 0 aliphatic carbocycles. The van der Waals surface area contributed by atoms with Crippen molar-refractivity contribution in [3.8, 4) is 11.3 Å². The molecule has 0 bridgehead atoms. The minimum absolute atomic E-state index is 0.176. The summed E-state index contributed by atoms with van der Waals surface area (Å²) in [5.41, 5.74) is 1.65. The lowest BCUT2D eigenvalue weighted by molar-refractivity contribution is -0.137. The van der Waals surface area contributed by atoms with Gasteiger partial charge in [0.1, 0.15) is 5.65 Å². The molecule has 0 atom stereocenters. The fraction of sp³-hybridized carbons (Fsp3) is 0.125. The Morgan fingerprint density at radius 3 is 2.39 bits per heavy atom. The molecule has 3 rings (SSSR count). The molecule has 0 saturated heterocycles. The van der Waals surface area contributed by atoms with Gasteiger partial charge in [-0.2, -0.15) is 13.2 Å². The molecule has 0 aliphatic heterocycles. The third-order valence-electron chi connectivity index (χ3n) is 3.28. The Balaban J connectivity index is 1.95. The van der Waals surface area contributed by atoms with E-state index in [0.29, 0.717) is 17.0 Å². The van der Waals surface area contributed by atoms with Crippen LogP contribution in [0.5, 0.6) is 0 Å². The highest BCUT2D eigenvalue weighted by molar-refractivity contribution is 5.88. The predicted molar refractivity (Wildman–Crippen MR) is 79.9 cm³/mol. The topological polar surface area (TPSA) is 46.4 Å². The van der Waals surface area contributed by atoms with E-state index < -0.39 is 11.7 Å². The van der Waals surface area contributed by atoms with E-state index in [1.807, 2.05) is 0 Å². The molecule has 1 amide bonds. The van der Waals surface area contributed by atoms with Gasteiger partial charge >= 0.3 is 6.18 Å². The Morgan fingerprint density at radius 1 is 1.09 bits per heavy atom. The van der Waals surface area contributed by atoms with Crippen molar-refractivity contribution in [3.05, 3.63) is 54.4 Å². The van der Waals surface area contributed by atoms with Crippen LogP contribution in [0.15, 0.2) is 48.8 Å². The maximum atomic E-state index is 12.7. The first-order valence-corrected chi connectivity index (χ1v) is 6.77. The zero-order valence-corrected chi connectivity index (χ0v) is 12.1. The number of benzene rings is 1. The highest BCUT2D eigenvalue weighted by atomic mass is 19.4. The highest BCUT2D eigenvalue weighted by Gasteiger charge is 2.30. The summed E-state index contributed by atoms with van der Waals surface area (Å²) in [5.74, 6) is -0.176. The third-order valence-corrected chi connectivity index (χ3v) is 3.28. The van der Waals surface area contributed by atoms with Crippen molar-refractivity contribution in [1.29, 1.82) is 0 Å². The minimum Gasteiger partial charge on any atom is -0.326 e. The van der Waals surface area contributed by atoms with Crippen molar-refractivity contribution in [2.24, 2.45) is 0 Å². The van der Waals surface area contributed by atoms with Gasteiger partial charge in [0.2, 0.25) is 5.91 Å². The minimum atomic E-state index is -4.39. The number of imidazole rings is 1. The Hall–Kier alpha value is -2.83. The molecular weight excluding hydrogens is 307 g/mol. The predicted octanol–water partition coefficient (Wildman–Crippen LogP) is 3.98. The van der Waals surface area contributed by atoms with Crippen LogP contribution in [0, 0.1) is 0 Å². The van der Waals surface area contributed by atoms with E-state index in [1.54, 1.807) is 24.3 Å². The quantitative estimate of drug-likeness (QED) is 0.776. The summed E-state index contributed by atoms with van der Waals surface area (Å²) in [7, 11) is 0. The van der Waals surface area contributed by atoms with Gasteiger partial charge in [-0.25, -0.2) is 4.98 Å². The van der Waals surface area contributed by atoms with E-state index in [1.165, 1.54) is 23.6 Å². The molecule has 0 radical (unpaired) electrons. The van der Waals surface area contributed by atoms with Gasteiger partial charge in [-0.05, 0) is 24.3 Å². The lowest BCUT2D eigenvalue weighted by atomic mass is 10.1. The summed E-state index contributed by atoms with van der Waals surface area (Å²) in [5, 5.41) is 2.64. The van der Waals surface area contributed by atoms with E-state index in [-0.39, 0.29) is 5.91 Å². The van der Waals surface area contributed by atoms with Gasteiger partial charge < -0.3 is 9.72 Å². The molecule has 0 saturated carbocycles. The Kier molecular flexibility index (Phi) is 3.55. The monoisotopic (exact) mass is 319 g/mol. The highest BCUT2D eigenvalue weighted by Crippen LogP contribution is 2.30. The summed E-state index contributed by atoms with van der Waals surface area (Å²) in [6.07, 6.45) is -1.84. The first-order valence-electron chi connectivity index (χ1n) is 6.77. The molecule has 23 heavy (non-hydrogen) atoms. The second kappa shape index (κ2) is 5.42. The van der Waals surface area contributed by atoms with Crippen LogP contribution in [0.25, 0.3) is 16.9 Å². The molecule has 2 heterocycles. The summed E-state index contributed by atoms with van der Waals surface area (Å²) in [4.78, 5) is 15.3. The maximum Gasteiger partial charge on any atom is 0.417 e. The van der Waals surface area contributed by atoms with Gasteiger partial charge in [0.05, 0.1) is 11.3 Å². The number of pyridine rings is 1.